The molecule has 0 atom stereocenters. The van der Waals surface area contributed by atoms with Crippen LogP contribution < -0.4 is 14.8 Å². The van der Waals surface area contributed by atoms with Crippen molar-refractivity contribution in [1.29, 1.82) is 0 Å². The third-order valence-corrected chi connectivity index (χ3v) is 7.29. The number of hydrogen-bond donors (Lipinski definition) is 1. The molecule has 0 radical (unpaired) electrons. The molecule has 0 aliphatic carbocycles. The van der Waals surface area contributed by atoms with Gasteiger partial charge in [-0.25, -0.2) is 9.97 Å². The highest BCUT2D eigenvalue weighted by Gasteiger charge is 2.18. The summed E-state index contributed by atoms with van der Waals surface area (Å²) < 4.78 is 11.2. The van der Waals surface area contributed by atoms with Crippen LogP contribution in [-0.2, 0) is 4.79 Å². The summed E-state index contributed by atoms with van der Waals surface area (Å²) in [6.07, 6.45) is 3.53. The molecule has 0 fully saturated rings. The van der Waals surface area contributed by atoms with Gasteiger partial charge in [0.1, 0.15) is 29.4 Å². The number of carbonyl (C=O) groups is 1. The number of thioether (sulfide) groups is 2. The number of carbonyl (C=O) groups excluding carboxylic acids is 1. The highest BCUT2D eigenvalue weighted by molar-refractivity contribution is 8.00. The van der Waals surface area contributed by atoms with Crippen LogP contribution in [0.4, 0.5) is 5.69 Å². The summed E-state index contributed by atoms with van der Waals surface area (Å²) in [5.41, 5.74) is 1.91. The van der Waals surface area contributed by atoms with E-state index in [4.69, 9.17) is 9.47 Å². The number of ether oxygens (including phenoxy) is 2. The number of nitrogens with zero attached hydrogens (tertiary/aromatic N) is 2. The molecule has 3 heterocycles. The summed E-state index contributed by atoms with van der Waals surface area (Å²) >= 11 is 4.64. The molecule has 28 heavy (non-hydrogen) atoms. The average Bonchev–Trinajstić information content (AvgIpc) is 3.00. The van der Waals surface area contributed by atoms with Crippen LogP contribution >= 0.6 is 34.9 Å². The zero-order valence-corrected chi connectivity index (χ0v) is 18.1. The quantitative estimate of drug-likeness (QED) is 0.468. The number of aryl methyl sites for hydroxylation is 2. The van der Waals surface area contributed by atoms with Gasteiger partial charge in [-0.2, -0.15) is 0 Å². The lowest BCUT2D eigenvalue weighted by Gasteiger charge is -2.21. The Morgan fingerprint density at radius 1 is 1.21 bits per heavy atom. The smallest absolute Gasteiger partial charge is 0.234 e. The molecule has 1 amide bonds. The number of anilines is 1. The molecule has 0 bridgehead atoms. The minimum atomic E-state index is -0.0895. The van der Waals surface area contributed by atoms with Crippen molar-refractivity contribution in [3.05, 3.63) is 28.9 Å². The van der Waals surface area contributed by atoms with Gasteiger partial charge in [-0.3, -0.25) is 4.79 Å². The Morgan fingerprint density at radius 2 is 1.96 bits per heavy atom. The number of amides is 1. The van der Waals surface area contributed by atoms with Crippen LogP contribution in [0.3, 0.4) is 0 Å². The normalized spacial score (nSPS) is 13.0. The van der Waals surface area contributed by atoms with Crippen molar-refractivity contribution >= 4 is 56.7 Å². The summed E-state index contributed by atoms with van der Waals surface area (Å²) in [7, 11) is 0. The third-order valence-electron chi connectivity index (χ3n) is 4.41. The Kier molecular flexibility index (Phi) is 5.65. The number of hydrogen-bond acceptors (Lipinski definition) is 8. The largest absolute Gasteiger partial charge is 0.486 e. The molecule has 0 unspecified atom stereocenters. The number of rotatable bonds is 5. The van der Waals surface area contributed by atoms with Crippen molar-refractivity contribution in [2.24, 2.45) is 0 Å². The Hall–Kier alpha value is -1.97. The maximum absolute atomic E-state index is 12.6. The average molecular weight is 434 g/mol. The molecule has 1 aliphatic rings. The van der Waals surface area contributed by atoms with E-state index in [1.54, 1.807) is 29.4 Å². The van der Waals surface area contributed by atoms with Crippen LogP contribution in [0.1, 0.15) is 10.4 Å². The number of fused-ring (bicyclic) bond motifs is 2. The van der Waals surface area contributed by atoms with Crippen LogP contribution in [0, 0.1) is 13.8 Å². The summed E-state index contributed by atoms with van der Waals surface area (Å²) in [6.45, 7) is 5.20. The molecule has 1 N–H and O–H groups in total. The standard InChI is InChI=1S/C19H19N3O3S3/c1-10-11(2)28-19-17(10)18(20-9-21-19)27-8-16(23)22-12-6-13-14(7-15(12)26-3)25-5-4-24-13/h6-7,9H,4-5,8H2,1-3H3,(H,22,23). The first-order valence-corrected chi connectivity index (χ1v) is 11.7. The Labute approximate surface area is 175 Å². The maximum atomic E-state index is 12.6. The molecule has 4 rings (SSSR count). The second-order valence-corrected chi connectivity index (χ2v) is 9.19. The van der Waals surface area contributed by atoms with E-state index >= 15 is 0 Å². The molecular weight excluding hydrogens is 414 g/mol. The fourth-order valence-corrected chi connectivity index (χ4v) is 5.39. The van der Waals surface area contributed by atoms with E-state index in [0.717, 1.165) is 31.6 Å². The fourth-order valence-electron chi connectivity index (χ4n) is 2.92. The van der Waals surface area contributed by atoms with Crippen molar-refractivity contribution in [3.8, 4) is 11.5 Å². The van der Waals surface area contributed by atoms with Gasteiger partial charge in [0.05, 0.1) is 11.4 Å². The molecule has 6 nitrogen and oxygen atoms in total. The summed E-state index contributed by atoms with van der Waals surface area (Å²) in [6, 6.07) is 3.74. The molecular formula is C19H19N3O3S3. The Bertz CT molecular complexity index is 1050. The second kappa shape index (κ2) is 8.18. The Morgan fingerprint density at radius 3 is 2.71 bits per heavy atom. The molecule has 0 saturated heterocycles. The van der Waals surface area contributed by atoms with Crippen molar-refractivity contribution in [2.75, 3.05) is 30.5 Å². The fraction of sp³-hybridized carbons (Fsp3) is 0.316. The van der Waals surface area contributed by atoms with Crippen molar-refractivity contribution < 1.29 is 14.3 Å². The van der Waals surface area contributed by atoms with E-state index in [9.17, 15) is 4.79 Å². The van der Waals surface area contributed by atoms with E-state index in [0.29, 0.717) is 19.0 Å². The van der Waals surface area contributed by atoms with E-state index in [1.165, 1.54) is 22.2 Å². The van der Waals surface area contributed by atoms with Gasteiger partial charge in [0.25, 0.3) is 0 Å². The highest BCUT2D eigenvalue weighted by atomic mass is 32.2. The van der Waals surface area contributed by atoms with Crippen molar-refractivity contribution in [3.63, 3.8) is 0 Å². The first kappa shape index (κ1) is 19.4. The minimum Gasteiger partial charge on any atom is -0.486 e. The molecule has 0 saturated carbocycles. The van der Waals surface area contributed by atoms with Crippen LogP contribution in [0.15, 0.2) is 28.4 Å². The van der Waals surface area contributed by atoms with Gasteiger partial charge in [-0.15, -0.1) is 23.1 Å². The molecule has 3 aromatic rings. The van der Waals surface area contributed by atoms with Gasteiger partial charge < -0.3 is 14.8 Å². The van der Waals surface area contributed by atoms with E-state index in [2.05, 4.69) is 29.1 Å². The Balaban J connectivity index is 1.50. The highest BCUT2D eigenvalue weighted by Crippen LogP contribution is 2.39. The van der Waals surface area contributed by atoms with Gasteiger partial charge in [0.2, 0.25) is 5.91 Å². The monoisotopic (exact) mass is 433 g/mol. The zero-order chi connectivity index (χ0) is 19.7. The molecule has 0 spiro atoms. The number of benzene rings is 1. The number of nitrogens with one attached hydrogen (secondary N) is 1. The van der Waals surface area contributed by atoms with Gasteiger partial charge in [0.15, 0.2) is 11.5 Å². The van der Waals surface area contributed by atoms with Gasteiger partial charge in [0, 0.05) is 21.2 Å². The zero-order valence-electron chi connectivity index (χ0n) is 15.7. The third kappa shape index (κ3) is 3.78. The summed E-state index contributed by atoms with van der Waals surface area (Å²) in [5, 5.41) is 4.88. The lowest BCUT2D eigenvalue weighted by molar-refractivity contribution is -0.113. The van der Waals surface area contributed by atoms with Gasteiger partial charge in [-0.1, -0.05) is 11.8 Å². The van der Waals surface area contributed by atoms with Crippen LogP contribution in [0.2, 0.25) is 0 Å². The summed E-state index contributed by atoms with van der Waals surface area (Å²) in [5.74, 6) is 1.56. The predicted molar refractivity (Wildman–Crippen MR) is 115 cm³/mol. The van der Waals surface area contributed by atoms with Crippen molar-refractivity contribution in [1.82, 2.24) is 9.97 Å². The lowest BCUT2D eigenvalue weighted by Crippen LogP contribution is -2.18. The van der Waals surface area contributed by atoms with E-state index in [-0.39, 0.29) is 11.7 Å². The molecule has 1 aliphatic heterocycles. The number of aromatic nitrogens is 2. The second-order valence-electron chi connectivity index (χ2n) is 6.18. The maximum Gasteiger partial charge on any atom is 0.234 e. The molecule has 146 valence electrons. The van der Waals surface area contributed by atoms with Gasteiger partial charge in [-0.05, 0) is 31.7 Å². The molecule has 9 heteroatoms. The van der Waals surface area contributed by atoms with E-state index < -0.39 is 0 Å². The van der Waals surface area contributed by atoms with Gasteiger partial charge >= 0.3 is 0 Å². The lowest BCUT2D eigenvalue weighted by atomic mass is 10.2. The summed E-state index contributed by atoms with van der Waals surface area (Å²) in [4.78, 5) is 24.5. The molecule has 1 aromatic carbocycles. The van der Waals surface area contributed by atoms with Crippen LogP contribution in [0.25, 0.3) is 10.2 Å². The SMILES string of the molecule is CSc1cc2c(cc1NC(=O)CSc1ncnc3sc(C)c(C)c13)OCCO2. The minimum absolute atomic E-state index is 0.0895. The van der Waals surface area contributed by atoms with Crippen molar-refractivity contribution in [2.45, 2.75) is 23.8 Å². The first-order valence-electron chi connectivity index (χ1n) is 8.68. The van der Waals surface area contributed by atoms with Crippen LogP contribution in [-0.4, -0.2) is 41.1 Å². The van der Waals surface area contributed by atoms with E-state index in [1.807, 2.05) is 18.4 Å². The van der Waals surface area contributed by atoms with Crippen LogP contribution in [0.5, 0.6) is 11.5 Å². The molecule has 2 aromatic heterocycles. The predicted octanol–water partition coefficient (Wildman–Crippen LogP) is 4.53. The number of thiophene rings is 1. The topological polar surface area (TPSA) is 73.3 Å². The first-order chi connectivity index (χ1) is 13.6.